The van der Waals surface area contributed by atoms with E-state index < -0.39 is 0 Å². The standard InChI is InChI=1S/C88H54/c1-5-19-55(20-6-1)59-35-43-63(44-36-59)79-71-27-13-15-29-73(71)81(65-47-39-61(40-48-65)57-23-9-3-10-24-57)87-77-53-51-67(69-31-17-33-75(83(69)77)85(79)87)68-52-54-78-84-70(68)32-18-34-76(84)86-80(64-45-37-60(38-46-64)56-21-7-2-8-22-56)72-28-14-16-30-74(72)82(88(78)86)66-49-41-62(42-50-66)58-25-11-4-12-26-58/h1-54H. The monoisotopic (exact) mass is 1110 g/mol. The zero-order valence-corrected chi connectivity index (χ0v) is 48.2. The molecule has 0 aromatic heterocycles. The average Bonchev–Trinajstić information content (AvgIpc) is 1.53. The normalized spacial score (nSPS) is 11.9. The molecule has 16 aromatic carbocycles. The molecule has 88 heavy (non-hydrogen) atoms. The van der Waals surface area contributed by atoms with Crippen LogP contribution in [0.15, 0.2) is 328 Å². The summed E-state index contributed by atoms with van der Waals surface area (Å²) in [6, 6.07) is 122. The zero-order valence-electron chi connectivity index (χ0n) is 48.2. The van der Waals surface area contributed by atoms with E-state index in [9.17, 15) is 0 Å². The molecule has 2 aliphatic carbocycles. The van der Waals surface area contributed by atoms with E-state index in [1.54, 1.807) is 0 Å². The molecule has 0 spiro atoms. The van der Waals surface area contributed by atoms with Crippen molar-refractivity contribution in [3.05, 3.63) is 328 Å². The number of fused-ring (bicyclic) bond motifs is 8. The van der Waals surface area contributed by atoms with Gasteiger partial charge >= 0.3 is 0 Å². The van der Waals surface area contributed by atoms with Gasteiger partial charge in [-0.2, -0.15) is 0 Å². The molecule has 2 aliphatic rings. The molecule has 0 saturated carbocycles. The van der Waals surface area contributed by atoms with E-state index in [1.807, 2.05) is 0 Å². The Bertz CT molecular complexity index is 4830. The first kappa shape index (κ1) is 49.9. The van der Waals surface area contributed by atoms with Gasteiger partial charge in [0.25, 0.3) is 0 Å². The molecule has 18 rings (SSSR count). The quantitative estimate of drug-likeness (QED) is 0.135. The van der Waals surface area contributed by atoms with Crippen molar-refractivity contribution < 1.29 is 0 Å². The molecular weight excluding hydrogens is 1060 g/mol. The Morgan fingerprint density at radius 1 is 0.102 bits per heavy atom. The summed E-state index contributed by atoms with van der Waals surface area (Å²) in [4.78, 5) is 0. The summed E-state index contributed by atoms with van der Waals surface area (Å²) in [6.07, 6.45) is 0. The van der Waals surface area contributed by atoms with Crippen LogP contribution in [0.1, 0.15) is 0 Å². The van der Waals surface area contributed by atoms with Crippen LogP contribution in [0.25, 0.3) is 188 Å². The number of benzene rings is 16. The molecule has 0 radical (unpaired) electrons. The van der Waals surface area contributed by atoms with Crippen LogP contribution in [0, 0.1) is 0 Å². The third-order valence-corrected chi connectivity index (χ3v) is 19.0. The van der Waals surface area contributed by atoms with Crippen LogP contribution >= 0.6 is 0 Å². The highest BCUT2D eigenvalue weighted by Crippen LogP contribution is 2.62. The van der Waals surface area contributed by atoms with Crippen LogP contribution in [-0.4, -0.2) is 0 Å². The third-order valence-electron chi connectivity index (χ3n) is 19.0. The molecule has 0 saturated heterocycles. The van der Waals surface area contributed by atoms with E-state index in [-0.39, 0.29) is 0 Å². The summed E-state index contributed by atoms with van der Waals surface area (Å²) in [6.45, 7) is 0. The second-order valence-electron chi connectivity index (χ2n) is 23.6. The molecular formula is C88H54. The summed E-state index contributed by atoms with van der Waals surface area (Å²) in [7, 11) is 0. The van der Waals surface area contributed by atoms with Gasteiger partial charge in [-0.25, -0.2) is 0 Å². The average molecular weight is 1110 g/mol. The van der Waals surface area contributed by atoms with Crippen molar-refractivity contribution in [1.82, 2.24) is 0 Å². The van der Waals surface area contributed by atoms with Crippen molar-refractivity contribution >= 4 is 43.1 Å². The highest BCUT2D eigenvalue weighted by atomic mass is 14.4. The molecule has 0 aliphatic heterocycles. The lowest BCUT2D eigenvalue weighted by molar-refractivity contribution is 1.59. The lowest BCUT2D eigenvalue weighted by Crippen LogP contribution is -1.94. The molecule has 0 nitrogen and oxygen atoms in total. The van der Waals surface area contributed by atoms with Gasteiger partial charge in [0.05, 0.1) is 0 Å². The van der Waals surface area contributed by atoms with Crippen molar-refractivity contribution in [3.8, 4) is 145 Å². The first-order chi connectivity index (χ1) is 43.7. The van der Waals surface area contributed by atoms with Gasteiger partial charge in [0.1, 0.15) is 0 Å². The Kier molecular flexibility index (Phi) is 11.4. The van der Waals surface area contributed by atoms with Crippen LogP contribution in [0.2, 0.25) is 0 Å². The van der Waals surface area contributed by atoms with Gasteiger partial charge in [-0.1, -0.05) is 328 Å². The van der Waals surface area contributed by atoms with Crippen LogP contribution in [0.4, 0.5) is 0 Å². The minimum Gasteiger partial charge on any atom is -0.0622 e. The van der Waals surface area contributed by atoms with Gasteiger partial charge in [0.2, 0.25) is 0 Å². The molecule has 0 amide bonds. The highest BCUT2D eigenvalue weighted by Gasteiger charge is 2.34. The van der Waals surface area contributed by atoms with Crippen LogP contribution in [0.5, 0.6) is 0 Å². The molecule has 0 N–H and O–H groups in total. The Morgan fingerprint density at radius 2 is 0.295 bits per heavy atom. The Morgan fingerprint density at radius 3 is 0.557 bits per heavy atom. The molecule has 0 unspecified atom stereocenters. The molecule has 0 bridgehead atoms. The van der Waals surface area contributed by atoms with E-state index in [1.165, 1.54) is 188 Å². The third kappa shape index (κ3) is 7.72. The molecule has 16 aromatic rings. The fraction of sp³-hybridized carbons (Fsp3) is 0. The number of hydrogen-bond acceptors (Lipinski definition) is 0. The fourth-order valence-corrected chi connectivity index (χ4v) is 15.1. The number of rotatable bonds is 9. The van der Waals surface area contributed by atoms with Gasteiger partial charge in [-0.05, 0) is 188 Å². The lowest BCUT2D eigenvalue weighted by Gasteiger charge is -2.21. The number of hydrogen-bond donors (Lipinski definition) is 0. The van der Waals surface area contributed by atoms with Gasteiger partial charge in [-0.15, -0.1) is 0 Å². The summed E-state index contributed by atoms with van der Waals surface area (Å²) < 4.78 is 0. The molecule has 0 fully saturated rings. The van der Waals surface area contributed by atoms with Crippen LogP contribution in [-0.2, 0) is 0 Å². The first-order valence-electron chi connectivity index (χ1n) is 30.6. The Hall–Kier alpha value is -11.4. The topological polar surface area (TPSA) is 0 Å². The minimum atomic E-state index is 1.21. The largest absolute Gasteiger partial charge is 0.0622 e. The summed E-state index contributed by atoms with van der Waals surface area (Å²) >= 11 is 0. The lowest BCUT2D eigenvalue weighted by atomic mass is 9.82. The van der Waals surface area contributed by atoms with E-state index >= 15 is 0 Å². The SMILES string of the molecule is c1ccc(-c2ccc(-c3c4c(c(-c5ccc(-c6ccccc6)cc5)c5ccccc35)-c3ccc(-c5ccc6c7c(cccc57)-c5c-6c(-c6ccc(-c7ccccc7)cc6)c6ccccc6c5-c5ccc(-c6ccccc6)cc5)c5cccc-4c35)cc2)cc1. The van der Waals surface area contributed by atoms with Crippen molar-refractivity contribution in [2.45, 2.75) is 0 Å². The molecule has 0 heteroatoms. The zero-order chi connectivity index (χ0) is 57.8. The van der Waals surface area contributed by atoms with Crippen molar-refractivity contribution in [2.24, 2.45) is 0 Å². The van der Waals surface area contributed by atoms with E-state index in [0.717, 1.165) is 0 Å². The molecule has 406 valence electrons. The van der Waals surface area contributed by atoms with Crippen LogP contribution in [0.3, 0.4) is 0 Å². The Labute approximate surface area is 512 Å². The predicted molar refractivity (Wildman–Crippen MR) is 374 cm³/mol. The predicted octanol–water partition coefficient (Wildman–Crippen LogP) is 24.6. The van der Waals surface area contributed by atoms with Gasteiger partial charge < -0.3 is 0 Å². The van der Waals surface area contributed by atoms with Crippen molar-refractivity contribution in [1.29, 1.82) is 0 Å². The highest BCUT2D eigenvalue weighted by molar-refractivity contribution is 6.32. The molecule has 0 heterocycles. The van der Waals surface area contributed by atoms with Crippen molar-refractivity contribution in [2.75, 3.05) is 0 Å². The van der Waals surface area contributed by atoms with E-state index in [2.05, 4.69) is 328 Å². The molecule has 0 atom stereocenters. The smallest absolute Gasteiger partial charge is 0.000741 e. The maximum atomic E-state index is 2.45. The first-order valence-corrected chi connectivity index (χ1v) is 30.6. The summed E-state index contributed by atoms with van der Waals surface area (Å²) in [5, 5.41) is 10.1. The van der Waals surface area contributed by atoms with Gasteiger partial charge in [-0.3, -0.25) is 0 Å². The fourth-order valence-electron chi connectivity index (χ4n) is 15.1. The van der Waals surface area contributed by atoms with E-state index in [4.69, 9.17) is 0 Å². The van der Waals surface area contributed by atoms with E-state index in [0.29, 0.717) is 0 Å². The maximum absolute atomic E-state index is 2.45. The maximum Gasteiger partial charge on any atom is -0.000741 e. The second kappa shape index (κ2) is 20.1. The van der Waals surface area contributed by atoms with Crippen LogP contribution < -0.4 is 0 Å². The minimum absolute atomic E-state index is 1.21. The Balaban J connectivity index is 0.862. The van der Waals surface area contributed by atoms with Gasteiger partial charge in [0, 0.05) is 0 Å². The summed E-state index contributed by atoms with van der Waals surface area (Å²) in [5.74, 6) is 0. The van der Waals surface area contributed by atoms with Gasteiger partial charge in [0.15, 0.2) is 0 Å². The van der Waals surface area contributed by atoms with Crippen molar-refractivity contribution in [3.63, 3.8) is 0 Å². The second-order valence-corrected chi connectivity index (χ2v) is 23.6. The summed E-state index contributed by atoms with van der Waals surface area (Å²) in [5.41, 5.74) is 32.3.